The number of hydrogen-bond acceptors (Lipinski definition) is 5. The number of benzene rings is 1. The average molecular weight is 386 g/mol. The summed E-state index contributed by atoms with van der Waals surface area (Å²) < 4.78 is 10.1. The van der Waals surface area contributed by atoms with Crippen molar-refractivity contribution >= 4 is 18.0 Å². The van der Waals surface area contributed by atoms with Gasteiger partial charge in [-0.1, -0.05) is 30.3 Å². The Labute approximate surface area is 165 Å². The maximum atomic E-state index is 12.7. The molecule has 1 aliphatic heterocycles. The van der Waals surface area contributed by atoms with Crippen molar-refractivity contribution in [1.29, 1.82) is 0 Å². The van der Waals surface area contributed by atoms with Gasteiger partial charge in [-0.05, 0) is 31.2 Å². The number of rotatable bonds is 8. The summed E-state index contributed by atoms with van der Waals surface area (Å²) in [6.07, 6.45) is 7.38. The lowest BCUT2D eigenvalue weighted by Gasteiger charge is -2.25. The number of unbranched alkanes of at least 4 members (excludes halogenated alkanes) is 1. The molecule has 0 radical (unpaired) electrons. The smallest absolute Gasteiger partial charge is 0.410 e. The van der Waals surface area contributed by atoms with Crippen LogP contribution in [0.1, 0.15) is 37.7 Å². The molecule has 1 aliphatic rings. The maximum Gasteiger partial charge on any atom is 0.410 e. The summed E-state index contributed by atoms with van der Waals surface area (Å²) in [6.45, 7) is 0.576. The van der Waals surface area contributed by atoms with Crippen molar-refractivity contribution in [2.45, 2.75) is 50.8 Å². The first kappa shape index (κ1) is 21.3. The van der Waals surface area contributed by atoms with Crippen molar-refractivity contribution in [1.82, 2.24) is 10.2 Å². The summed E-state index contributed by atoms with van der Waals surface area (Å²) in [6, 6.07) is 7.88. The van der Waals surface area contributed by atoms with Crippen LogP contribution in [0.4, 0.5) is 4.79 Å². The topological polar surface area (TPSA) is 84.9 Å². The fraction of sp³-hybridized carbons (Fsp3) is 0.476. The molecule has 1 heterocycles. The molecule has 0 aromatic heterocycles. The van der Waals surface area contributed by atoms with Crippen molar-refractivity contribution in [3.8, 4) is 12.3 Å². The van der Waals surface area contributed by atoms with Gasteiger partial charge in [-0.25, -0.2) is 9.59 Å². The van der Waals surface area contributed by atoms with Crippen molar-refractivity contribution in [3.63, 3.8) is 0 Å². The molecule has 2 amide bonds. The van der Waals surface area contributed by atoms with Crippen LogP contribution in [0.5, 0.6) is 0 Å². The number of esters is 1. The minimum absolute atomic E-state index is 0.140. The fourth-order valence-electron chi connectivity index (χ4n) is 3.13. The number of ether oxygens (including phenoxy) is 2. The number of carbonyl (C=O) groups excluding carboxylic acids is 3. The first-order chi connectivity index (χ1) is 13.6. The lowest BCUT2D eigenvalue weighted by Crippen LogP contribution is -2.51. The Morgan fingerprint density at radius 1 is 1.32 bits per heavy atom. The summed E-state index contributed by atoms with van der Waals surface area (Å²) in [7, 11) is 1.27. The number of methoxy groups -OCH3 is 1. The zero-order chi connectivity index (χ0) is 20.4. The average Bonchev–Trinajstić information content (AvgIpc) is 3.21. The molecule has 0 spiro atoms. The summed E-state index contributed by atoms with van der Waals surface area (Å²) in [5.41, 5.74) is 0.871. The van der Waals surface area contributed by atoms with Crippen molar-refractivity contribution in [3.05, 3.63) is 35.9 Å². The molecular formula is C21H26N2O5. The first-order valence-corrected chi connectivity index (χ1v) is 9.35. The van der Waals surface area contributed by atoms with E-state index in [4.69, 9.17) is 15.9 Å². The molecule has 0 bridgehead atoms. The number of likely N-dealkylation sites (tertiary alicyclic amines) is 1. The number of amides is 2. The highest BCUT2D eigenvalue weighted by Crippen LogP contribution is 2.19. The van der Waals surface area contributed by atoms with Crippen LogP contribution in [0.15, 0.2) is 30.3 Å². The van der Waals surface area contributed by atoms with Gasteiger partial charge in [0.25, 0.3) is 0 Å². The second-order valence-corrected chi connectivity index (χ2v) is 6.57. The van der Waals surface area contributed by atoms with E-state index in [1.54, 1.807) is 0 Å². The minimum Gasteiger partial charge on any atom is -0.467 e. The van der Waals surface area contributed by atoms with E-state index in [1.165, 1.54) is 12.0 Å². The lowest BCUT2D eigenvalue weighted by molar-refractivity contribution is -0.145. The van der Waals surface area contributed by atoms with Crippen LogP contribution in [-0.4, -0.2) is 48.6 Å². The summed E-state index contributed by atoms with van der Waals surface area (Å²) in [5, 5.41) is 2.70. The Morgan fingerprint density at radius 3 is 2.75 bits per heavy atom. The third-order valence-corrected chi connectivity index (χ3v) is 4.61. The van der Waals surface area contributed by atoms with E-state index in [9.17, 15) is 14.4 Å². The Bertz CT molecular complexity index is 713. The molecule has 150 valence electrons. The van der Waals surface area contributed by atoms with E-state index in [2.05, 4.69) is 11.2 Å². The second kappa shape index (κ2) is 11.0. The van der Waals surface area contributed by atoms with Gasteiger partial charge >= 0.3 is 12.1 Å². The molecule has 0 unspecified atom stereocenters. The van der Waals surface area contributed by atoms with Crippen molar-refractivity contribution in [2.24, 2.45) is 0 Å². The second-order valence-electron chi connectivity index (χ2n) is 6.57. The Hall–Kier alpha value is -3.01. The molecule has 1 fully saturated rings. The first-order valence-electron chi connectivity index (χ1n) is 9.35. The summed E-state index contributed by atoms with van der Waals surface area (Å²) >= 11 is 0. The number of nitrogens with one attached hydrogen (secondary N) is 1. The molecule has 1 aromatic rings. The highest BCUT2D eigenvalue weighted by Gasteiger charge is 2.36. The van der Waals surface area contributed by atoms with Gasteiger partial charge in [0, 0.05) is 13.0 Å². The highest BCUT2D eigenvalue weighted by atomic mass is 16.6. The number of hydrogen-bond donors (Lipinski definition) is 1. The van der Waals surface area contributed by atoms with E-state index in [0.29, 0.717) is 38.6 Å². The van der Waals surface area contributed by atoms with Crippen LogP contribution in [0.3, 0.4) is 0 Å². The van der Waals surface area contributed by atoms with E-state index in [1.807, 2.05) is 30.3 Å². The molecule has 0 aliphatic carbocycles. The largest absolute Gasteiger partial charge is 0.467 e. The van der Waals surface area contributed by atoms with Gasteiger partial charge in [-0.3, -0.25) is 9.69 Å². The molecule has 2 atom stereocenters. The Kier molecular flexibility index (Phi) is 8.35. The fourth-order valence-corrected chi connectivity index (χ4v) is 3.13. The molecule has 7 nitrogen and oxygen atoms in total. The molecule has 28 heavy (non-hydrogen) atoms. The third-order valence-electron chi connectivity index (χ3n) is 4.61. The number of nitrogens with zero attached hydrogens (tertiary/aromatic N) is 1. The number of carbonyl (C=O) groups is 3. The molecule has 1 saturated heterocycles. The Morgan fingerprint density at radius 2 is 2.07 bits per heavy atom. The van der Waals surface area contributed by atoms with Crippen LogP contribution in [0, 0.1) is 12.3 Å². The van der Waals surface area contributed by atoms with Crippen LogP contribution in [-0.2, 0) is 25.7 Å². The van der Waals surface area contributed by atoms with Gasteiger partial charge in [-0.15, -0.1) is 12.3 Å². The van der Waals surface area contributed by atoms with E-state index in [-0.39, 0.29) is 12.5 Å². The van der Waals surface area contributed by atoms with Crippen molar-refractivity contribution in [2.75, 3.05) is 13.7 Å². The molecule has 0 saturated carbocycles. The van der Waals surface area contributed by atoms with Gasteiger partial charge < -0.3 is 14.8 Å². The van der Waals surface area contributed by atoms with Crippen LogP contribution >= 0.6 is 0 Å². The molecule has 7 heteroatoms. The van der Waals surface area contributed by atoms with E-state index < -0.39 is 24.1 Å². The quantitative estimate of drug-likeness (QED) is 0.421. The summed E-state index contributed by atoms with van der Waals surface area (Å²) in [4.78, 5) is 38.5. The molecule has 2 rings (SSSR count). The predicted molar refractivity (Wildman–Crippen MR) is 103 cm³/mol. The van der Waals surface area contributed by atoms with Crippen LogP contribution in [0.2, 0.25) is 0 Å². The lowest BCUT2D eigenvalue weighted by atomic mass is 10.1. The predicted octanol–water partition coefficient (Wildman–Crippen LogP) is 2.25. The van der Waals surface area contributed by atoms with E-state index >= 15 is 0 Å². The van der Waals surface area contributed by atoms with Gasteiger partial charge in [0.2, 0.25) is 5.91 Å². The zero-order valence-electron chi connectivity index (χ0n) is 16.1. The molecule has 1 N–H and O–H groups in total. The number of terminal acetylenes is 1. The van der Waals surface area contributed by atoms with Gasteiger partial charge in [-0.2, -0.15) is 0 Å². The molecular weight excluding hydrogens is 360 g/mol. The Balaban J connectivity index is 1.93. The zero-order valence-corrected chi connectivity index (χ0v) is 16.1. The monoisotopic (exact) mass is 386 g/mol. The van der Waals surface area contributed by atoms with Gasteiger partial charge in [0.05, 0.1) is 7.11 Å². The minimum atomic E-state index is -0.784. The van der Waals surface area contributed by atoms with Gasteiger partial charge in [0.1, 0.15) is 18.7 Å². The third kappa shape index (κ3) is 6.02. The van der Waals surface area contributed by atoms with E-state index in [0.717, 1.165) is 5.56 Å². The van der Waals surface area contributed by atoms with Crippen LogP contribution < -0.4 is 5.32 Å². The van der Waals surface area contributed by atoms with Crippen molar-refractivity contribution < 1.29 is 23.9 Å². The standard InChI is InChI=1S/C21H26N2O5/c1-3-4-6-12-17(20(25)27-2)22-19(24)18-13-9-14-23(18)21(26)28-15-16-10-7-5-8-11-16/h1,5,7-8,10-11,17-18H,4,6,9,12-15H2,2H3,(H,22,24)/t17-,18+/m0/s1. The summed E-state index contributed by atoms with van der Waals surface area (Å²) in [5.74, 6) is 1.59. The highest BCUT2D eigenvalue weighted by molar-refractivity contribution is 5.90. The molecule has 1 aromatic carbocycles. The normalized spacial score (nSPS) is 16.7. The van der Waals surface area contributed by atoms with Crippen LogP contribution in [0.25, 0.3) is 0 Å². The maximum absolute atomic E-state index is 12.7. The SMILES string of the molecule is C#CCCC[C@H](NC(=O)[C@H]1CCCN1C(=O)OCc1ccccc1)C(=O)OC. The van der Waals surface area contributed by atoms with Gasteiger partial charge in [0.15, 0.2) is 0 Å².